The molecule has 11 nitrogen and oxygen atoms in total. The third kappa shape index (κ3) is 6.91. The van der Waals surface area contributed by atoms with Gasteiger partial charge in [-0.25, -0.2) is 5.43 Å². The van der Waals surface area contributed by atoms with E-state index in [4.69, 9.17) is 0 Å². The Balaban J connectivity index is 1.51. The molecule has 0 saturated carbocycles. The highest BCUT2D eigenvalue weighted by atomic mass is 16.2. The Kier molecular flexibility index (Phi) is 10.2. The number of carbonyl (C=O) groups is 4. The van der Waals surface area contributed by atoms with E-state index in [1.54, 1.807) is 18.1 Å². The van der Waals surface area contributed by atoms with Crippen molar-refractivity contribution < 1.29 is 25.0 Å². The number of carbonyl (C=O) groups excluding carboxylic acids is 4. The summed E-state index contributed by atoms with van der Waals surface area (Å²) in [6.07, 6.45) is 3.81. The molecular formula is C31H42N7O4+. The van der Waals surface area contributed by atoms with E-state index in [1.165, 1.54) is 0 Å². The van der Waals surface area contributed by atoms with Gasteiger partial charge in [0.15, 0.2) is 0 Å². The summed E-state index contributed by atoms with van der Waals surface area (Å²) >= 11 is 0. The van der Waals surface area contributed by atoms with Gasteiger partial charge >= 0.3 is 0 Å². The lowest BCUT2D eigenvalue weighted by atomic mass is 9.96. The lowest BCUT2D eigenvalue weighted by Crippen LogP contribution is -2.62. The van der Waals surface area contributed by atoms with Gasteiger partial charge in [0, 0.05) is 13.5 Å². The Bertz CT molecular complexity index is 1330. The molecule has 4 unspecified atom stereocenters. The van der Waals surface area contributed by atoms with Gasteiger partial charge in [-0.05, 0) is 35.4 Å². The summed E-state index contributed by atoms with van der Waals surface area (Å²) in [5.74, 6) is 2.15. The zero-order valence-corrected chi connectivity index (χ0v) is 24.5. The van der Waals surface area contributed by atoms with Crippen molar-refractivity contribution in [3.63, 3.8) is 0 Å². The molecule has 4 amide bonds. The van der Waals surface area contributed by atoms with Crippen molar-refractivity contribution in [2.24, 2.45) is 5.92 Å². The minimum absolute atomic E-state index is 0.151. The summed E-state index contributed by atoms with van der Waals surface area (Å²) in [5, 5.41) is 11.8. The lowest BCUT2D eigenvalue weighted by molar-refractivity contribution is -0.428. The van der Waals surface area contributed by atoms with Crippen LogP contribution in [0.1, 0.15) is 43.4 Å². The normalized spacial score (nSPS) is 19.2. The van der Waals surface area contributed by atoms with E-state index in [0.29, 0.717) is 25.7 Å². The number of anilines is 1. The van der Waals surface area contributed by atoms with Crippen LogP contribution in [-0.4, -0.2) is 55.3 Å². The molecule has 2 aromatic rings. The molecule has 224 valence electrons. The second kappa shape index (κ2) is 14.0. The van der Waals surface area contributed by atoms with Gasteiger partial charge in [0.25, 0.3) is 0 Å². The Morgan fingerprint density at radius 2 is 1.83 bits per heavy atom. The van der Waals surface area contributed by atoms with Crippen LogP contribution in [0.25, 0.3) is 0 Å². The van der Waals surface area contributed by atoms with Crippen LogP contribution < -0.4 is 37.4 Å². The molecule has 2 heterocycles. The Morgan fingerprint density at radius 1 is 1.10 bits per heavy atom. The van der Waals surface area contributed by atoms with Crippen molar-refractivity contribution in [1.29, 1.82) is 0 Å². The third-order valence-corrected chi connectivity index (χ3v) is 8.10. The van der Waals surface area contributed by atoms with Crippen LogP contribution in [0.2, 0.25) is 0 Å². The average molecular weight is 577 g/mol. The molecule has 4 atom stereocenters. The molecule has 0 saturated heterocycles. The predicted octanol–water partition coefficient (Wildman–Crippen LogP) is 0.0724. The largest absolute Gasteiger partial charge is 0.389 e. The van der Waals surface area contributed by atoms with Gasteiger partial charge in [0.2, 0.25) is 23.6 Å². The maximum atomic E-state index is 14.0. The monoisotopic (exact) mass is 576 g/mol. The summed E-state index contributed by atoms with van der Waals surface area (Å²) in [4.78, 5) is 55.5. The minimum Gasteiger partial charge on any atom is -0.389 e. The second-order valence-corrected chi connectivity index (χ2v) is 10.9. The first-order chi connectivity index (χ1) is 20.3. The first-order valence-corrected chi connectivity index (χ1v) is 14.5. The molecule has 0 fully saturated rings. The Hall–Kier alpha value is -4.38. The van der Waals surface area contributed by atoms with Crippen molar-refractivity contribution in [2.45, 2.75) is 64.1 Å². The van der Waals surface area contributed by atoms with Crippen molar-refractivity contribution in [3.8, 4) is 0 Å². The fourth-order valence-electron chi connectivity index (χ4n) is 5.58. The molecule has 2 aliphatic rings. The van der Waals surface area contributed by atoms with Crippen LogP contribution in [0.5, 0.6) is 0 Å². The van der Waals surface area contributed by atoms with E-state index in [-0.39, 0.29) is 36.6 Å². The van der Waals surface area contributed by atoms with E-state index >= 15 is 0 Å². The highest BCUT2D eigenvalue weighted by molar-refractivity contribution is 6.08. The molecular weight excluding hydrogens is 534 g/mol. The summed E-state index contributed by atoms with van der Waals surface area (Å²) in [6.45, 7) is 4.10. The number of nitrogens with one attached hydrogen (secondary N) is 5. The number of rotatable bonds is 12. The fraction of sp³-hybridized carbons (Fsp3) is 0.419. The minimum atomic E-state index is -0.841. The molecule has 0 bridgehead atoms. The lowest BCUT2D eigenvalue weighted by Gasteiger charge is -2.30. The number of nitrogens with zero attached hydrogens (tertiary/aromatic N) is 1. The van der Waals surface area contributed by atoms with Gasteiger partial charge in [-0.15, -0.1) is 0 Å². The number of aryl methyl sites for hydroxylation is 1. The van der Waals surface area contributed by atoms with Gasteiger partial charge in [0.05, 0.1) is 30.5 Å². The topological polar surface area (TPSA) is 159 Å². The second-order valence-electron chi connectivity index (χ2n) is 10.9. The third-order valence-electron chi connectivity index (χ3n) is 8.10. The Morgan fingerprint density at radius 3 is 2.52 bits per heavy atom. The molecule has 8 N–H and O–H groups in total. The van der Waals surface area contributed by atoms with Gasteiger partial charge in [-0.1, -0.05) is 68.8 Å². The summed E-state index contributed by atoms with van der Waals surface area (Å²) < 4.78 is 0. The smallest absolute Gasteiger partial charge is 0.250 e. The van der Waals surface area contributed by atoms with Gasteiger partial charge < -0.3 is 21.3 Å². The number of amides is 4. The molecule has 4 rings (SSSR count). The van der Waals surface area contributed by atoms with E-state index < -0.39 is 24.0 Å². The zero-order valence-electron chi connectivity index (χ0n) is 24.5. The van der Waals surface area contributed by atoms with E-state index in [1.807, 2.05) is 62.4 Å². The first kappa shape index (κ1) is 30.6. The molecule has 0 aliphatic carbocycles. The standard InChI is InChI=1S/C31H41N7O4/c1-4-19(2)27(37-26(39)15-20-9-6-5-7-10-20)30(41)36-24-14-13-21-11-8-12-22-16-25(38(28(21)22)31(24)42)29(40)34-17-23(33-3)18-35-32/h5-12,18-19,24-25,27,33,35H,4,13-17,32H2,1-3H3,(H,34,40)(H,36,41)(H,37,39)/p+1. The maximum Gasteiger partial charge on any atom is 0.250 e. The van der Waals surface area contributed by atoms with E-state index in [9.17, 15) is 19.2 Å². The summed E-state index contributed by atoms with van der Waals surface area (Å²) in [6, 6.07) is 12.8. The highest BCUT2D eigenvalue weighted by Crippen LogP contribution is 2.39. The van der Waals surface area contributed by atoms with Crippen LogP contribution in [0.3, 0.4) is 0 Å². The predicted molar refractivity (Wildman–Crippen MR) is 159 cm³/mol. The number of para-hydroxylation sites is 1. The van der Waals surface area contributed by atoms with Crippen molar-refractivity contribution >= 4 is 29.3 Å². The van der Waals surface area contributed by atoms with E-state index in [0.717, 1.165) is 28.1 Å². The van der Waals surface area contributed by atoms with Crippen molar-refractivity contribution in [3.05, 3.63) is 77.1 Å². The molecule has 11 heteroatoms. The van der Waals surface area contributed by atoms with Crippen LogP contribution in [0, 0.1) is 5.92 Å². The molecule has 2 aromatic carbocycles. The van der Waals surface area contributed by atoms with E-state index in [2.05, 4.69) is 32.5 Å². The SMILES string of the molecule is CCC(C)C(NC(=O)Cc1ccccc1)C(=O)NC1CCc2cccc3c2N(C1=O)C(C(=O)NCC(=CN[NH3+])NC)C3. The molecule has 0 spiro atoms. The summed E-state index contributed by atoms with van der Waals surface area (Å²) in [7, 11) is 1.75. The van der Waals surface area contributed by atoms with Crippen LogP contribution in [0.15, 0.2) is 60.4 Å². The zero-order chi connectivity index (χ0) is 30.2. The molecule has 0 radical (unpaired) electrons. The number of quaternary nitrogens is 1. The van der Waals surface area contributed by atoms with Crippen LogP contribution in [0.4, 0.5) is 5.69 Å². The van der Waals surface area contributed by atoms with Crippen LogP contribution >= 0.6 is 0 Å². The highest BCUT2D eigenvalue weighted by Gasteiger charge is 2.44. The maximum absolute atomic E-state index is 14.0. The number of likely N-dealkylation sites (N-methyl/N-ethyl adjacent to an activating group) is 1. The van der Waals surface area contributed by atoms with Crippen LogP contribution in [-0.2, 0) is 38.4 Å². The number of hydrogen-bond donors (Lipinski definition) is 6. The first-order valence-electron chi connectivity index (χ1n) is 14.5. The molecule has 2 aliphatic heterocycles. The van der Waals surface area contributed by atoms with Gasteiger partial charge in [0.1, 0.15) is 18.1 Å². The number of hydrogen-bond acceptors (Lipinski definition) is 6. The number of benzene rings is 2. The van der Waals surface area contributed by atoms with Gasteiger partial charge in [-0.3, -0.25) is 29.9 Å². The van der Waals surface area contributed by atoms with Crippen molar-refractivity contribution in [2.75, 3.05) is 18.5 Å². The van der Waals surface area contributed by atoms with Gasteiger partial charge in [-0.2, -0.15) is 0 Å². The Labute approximate surface area is 246 Å². The average Bonchev–Trinajstić information content (AvgIpc) is 3.33. The van der Waals surface area contributed by atoms with Crippen molar-refractivity contribution in [1.82, 2.24) is 26.7 Å². The molecule has 0 aromatic heterocycles. The summed E-state index contributed by atoms with van der Waals surface area (Å²) in [5.41, 5.74) is 6.94. The molecule has 42 heavy (non-hydrogen) atoms. The fourth-order valence-corrected chi connectivity index (χ4v) is 5.58. The quantitative estimate of drug-likeness (QED) is 0.196.